The van der Waals surface area contributed by atoms with Gasteiger partial charge in [-0.1, -0.05) is 30.3 Å². The fourth-order valence-electron chi connectivity index (χ4n) is 2.11. The Kier molecular flexibility index (Phi) is 5.25. The molecule has 0 aliphatic rings. The molecule has 1 unspecified atom stereocenters. The normalized spacial score (nSPS) is 11.5. The van der Waals surface area contributed by atoms with Gasteiger partial charge in [0, 0.05) is 6.20 Å². The zero-order chi connectivity index (χ0) is 15.9. The summed E-state index contributed by atoms with van der Waals surface area (Å²) in [7, 11) is 1.45. The van der Waals surface area contributed by atoms with Crippen LogP contribution in [0.25, 0.3) is 0 Å². The van der Waals surface area contributed by atoms with Crippen LogP contribution in [0.15, 0.2) is 48.7 Å². The number of pyridine rings is 1. The molecule has 0 radical (unpaired) electrons. The van der Waals surface area contributed by atoms with Gasteiger partial charge in [-0.2, -0.15) is 0 Å². The van der Waals surface area contributed by atoms with Crippen LogP contribution in [0.1, 0.15) is 22.8 Å². The van der Waals surface area contributed by atoms with E-state index in [1.54, 1.807) is 18.3 Å². The van der Waals surface area contributed by atoms with E-state index >= 15 is 0 Å². The first-order chi connectivity index (χ1) is 10.6. The summed E-state index contributed by atoms with van der Waals surface area (Å²) in [4.78, 5) is 28.1. The first-order valence-electron chi connectivity index (χ1n) is 6.96. The smallest absolute Gasteiger partial charge is 0.257 e. The summed E-state index contributed by atoms with van der Waals surface area (Å²) in [5.74, 6) is -0.233. The molecule has 0 aliphatic carbocycles. The molecule has 22 heavy (non-hydrogen) atoms. The van der Waals surface area contributed by atoms with Crippen molar-refractivity contribution in [2.45, 2.75) is 19.4 Å². The maximum atomic E-state index is 12.3. The van der Waals surface area contributed by atoms with Gasteiger partial charge in [-0.3, -0.25) is 9.59 Å². The van der Waals surface area contributed by atoms with Crippen LogP contribution >= 0.6 is 0 Å². The lowest BCUT2D eigenvalue weighted by molar-refractivity contribution is -0.118. The molecule has 1 amide bonds. The number of hydrogen-bond donors (Lipinski definition) is 1. The largest absolute Gasteiger partial charge is 0.480 e. The monoisotopic (exact) mass is 298 g/mol. The van der Waals surface area contributed by atoms with Crippen molar-refractivity contribution in [3.05, 3.63) is 59.8 Å². The van der Waals surface area contributed by atoms with E-state index in [0.717, 1.165) is 5.56 Å². The molecule has 5 nitrogen and oxygen atoms in total. The fraction of sp³-hybridized carbons (Fsp3) is 0.235. The van der Waals surface area contributed by atoms with Gasteiger partial charge in [0.25, 0.3) is 5.91 Å². The number of rotatable bonds is 6. The lowest BCUT2D eigenvalue weighted by atomic mass is 10.0. The summed E-state index contributed by atoms with van der Waals surface area (Å²) >= 11 is 0. The highest BCUT2D eigenvalue weighted by Gasteiger charge is 2.20. The molecule has 0 spiro atoms. The maximum absolute atomic E-state index is 12.3. The highest BCUT2D eigenvalue weighted by molar-refractivity contribution is 5.99. The predicted molar refractivity (Wildman–Crippen MR) is 82.9 cm³/mol. The van der Waals surface area contributed by atoms with Gasteiger partial charge in [0.15, 0.2) is 5.78 Å². The van der Waals surface area contributed by atoms with E-state index in [9.17, 15) is 9.59 Å². The molecule has 0 saturated carbocycles. The molecule has 1 atom stereocenters. The number of amides is 1. The first-order valence-corrected chi connectivity index (χ1v) is 6.96. The molecular formula is C17H18N2O3. The molecule has 1 heterocycles. The Morgan fingerprint density at radius 3 is 2.55 bits per heavy atom. The molecule has 1 aromatic heterocycles. The van der Waals surface area contributed by atoms with Gasteiger partial charge in [0.1, 0.15) is 5.56 Å². The molecule has 114 valence electrons. The third kappa shape index (κ3) is 3.91. The number of aromatic nitrogens is 1. The third-order valence-corrected chi connectivity index (χ3v) is 3.29. The van der Waals surface area contributed by atoms with Crippen molar-refractivity contribution in [2.24, 2.45) is 0 Å². The molecule has 0 bridgehead atoms. The van der Waals surface area contributed by atoms with Crippen LogP contribution in [0.4, 0.5) is 0 Å². The Balaban J connectivity index is 2.14. The number of methoxy groups -OCH3 is 1. The van der Waals surface area contributed by atoms with Gasteiger partial charge in [0.05, 0.1) is 13.2 Å². The molecular weight excluding hydrogens is 280 g/mol. The summed E-state index contributed by atoms with van der Waals surface area (Å²) in [6.45, 7) is 1.47. The summed E-state index contributed by atoms with van der Waals surface area (Å²) in [6, 6.07) is 12.2. The Hall–Kier alpha value is -2.69. The summed E-state index contributed by atoms with van der Waals surface area (Å²) in [6.07, 6.45) is 1.99. The van der Waals surface area contributed by atoms with Crippen LogP contribution in [0, 0.1) is 0 Å². The minimum atomic E-state index is -0.584. The van der Waals surface area contributed by atoms with Gasteiger partial charge < -0.3 is 10.1 Å². The molecule has 2 rings (SSSR count). The van der Waals surface area contributed by atoms with Crippen molar-refractivity contribution < 1.29 is 14.3 Å². The van der Waals surface area contributed by atoms with Crippen molar-refractivity contribution in [3.8, 4) is 5.88 Å². The minimum Gasteiger partial charge on any atom is -0.480 e. The Morgan fingerprint density at radius 2 is 1.91 bits per heavy atom. The molecule has 1 aromatic carbocycles. The highest BCUT2D eigenvalue weighted by Crippen LogP contribution is 2.14. The van der Waals surface area contributed by atoms with Crippen molar-refractivity contribution in [1.29, 1.82) is 0 Å². The van der Waals surface area contributed by atoms with Crippen LogP contribution in [0.3, 0.4) is 0 Å². The number of hydrogen-bond acceptors (Lipinski definition) is 4. The predicted octanol–water partition coefficient (Wildman–Crippen LogP) is 2.02. The van der Waals surface area contributed by atoms with Gasteiger partial charge in [-0.25, -0.2) is 4.98 Å². The first kappa shape index (κ1) is 15.7. The van der Waals surface area contributed by atoms with E-state index in [-0.39, 0.29) is 17.6 Å². The van der Waals surface area contributed by atoms with Gasteiger partial charge in [0.2, 0.25) is 5.88 Å². The molecule has 1 N–H and O–H groups in total. The van der Waals surface area contributed by atoms with Crippen LogP contribution in [0.2, 0.25) is 0 Å². The van der Waals surface area contributed by atoms with E-state index in [0.29, 0.717) is 12.0 Å². The standard InChI is InChI=1S/C17H18N2O3/c1-12(20)15(11-13-7-4-3-5-8-13)19-16(21)14-9-6-10-18-17(14)22-2/h3-10,15H,11H2,1-2H3,(H,19,21). The van der Waals surface area contributed by atoms with Gasteiger partial charge in [-0.15, -0.1) is 0 Å². The Morgan fingerprint density at radius 1 is 1.18 bits per heavy atom. The van der Waals surface area contributed by atoms with E-state index in [2.05, 4.69) is 10.3 Å². The number of Topliss-reactive ketones (excluding diaryl/α,β-unsaturated/α-hetero) is 1. The third-order valence-electron chi connectivity index (χ3n) is 3.29. The number of nitrogens with zero attached hydrogens (tertiary/aromatic N) is 1. The van der Waals surface area contributed by atoms with Crippen molar-refractivity contribution >= 4 is 11.7 Å². The minimum absolute atomic E-state index is 0.0972. The zero-order valence-electron chi connectivity index (χ0n) is 12.6. The van der Waals surface area contributed by atoms with Crippen molar-refractivity contribution in [3.63, 3.8) is 0 Å². The quantitative estimate of drug-likeness (QED) is 0.886. The van der Waals surface area contributed by atoms with Crippen LogP contribution in [-0.2, 0) is 11.2 Å². The summed E-state index contributed by atoms with van der Waals surface area (Å²) in [5.41, 5.74) is 1.30. The number of ketones is 1. The van der Waals surface area contributed by atoms with Crippen molar-refractivity contribution in [2.75, 3.05) is 7.11 Å². The van der Waals surface area contributed by atoms with Crippen LogP contribution in [0.5, 0.6) is 5.88 Å². The second kappa shape index (κ2) is 7.36. The number of benzene rings is 1. The van der Waals surface area contributed by atoms with E-state index in [1.807, 2.05) is 30.3 Å². The van der Waals surface area contributed by atoms with Crippen LogP contribution in [-0.4, -0.2) is 29.8 Å². The SMILES string of the molecule is COc1ncccc1C(=O)NC(Cc1ccccc1)C(C)=O. The fourth-order valence-corrected chi connectivity index (χ4v) is 2.11. The van der Waals surface area contributed by atoms with Crippen molar-refractivity contribution in [1.82, 2.24) is 10.3 Å². The van der Waals surface area contributed by atoms with E-state index < -0.39 is 6.04 Å². The number of nitrogens with one attached hydrogen (secondary N) is 1. The zero-order valence-corrected chi connectivity index (χ0v) is 12.6. The van der Waals surface area contributed by atoms with Gasteiger partial charge >= 0.3 is 0 Å². The highest BCUT2D eigenvalue weighted by atomic mass is 16.5. The van der Waals surface area contributed by atoms with Gasteiger partial charge in [-0.05, 0) is 31.0 Å². The Labute approximate surface area is 129 Å². The number of carbonyl (C=O) groups excluding carboxylic acids is 2. The maximum Gasteiger partial charge on any atom is 0.257 e. The second-order valence-electron chi connectivity index (χ2n) is 4.89. The lowest BCUT2D eigenvalue weighted by Crippen LogP contribution is -2.41. The molecule has 0 fully saturated rings. The Bertz CT molecular complexity index is 656. The average Bonchev–Trinajstić information content (AvgIpc) is 2.55. The number of ether oxygens (including phenoxy) is 1. The molecule has 2 aromatic rings. The topological polar surface area (TPSA) is 68.3 Å². The average molecular weight is 298 g/mol. The summed E-state index contributed by atoms with van der Waals surface area (Å²) in [5, 5.41) is 2.75. The molecule has 0 saturated heterocycles. The van der Waals surface area contributed by atoms with E-state index in [4.69, 9.17) is 4.74 Å². The van der Waals surface area contributed by atoms with Crippen LogP contribution < -0.4 is 10.1 Å². The second-order valence-corrected chi connectivity index (χ2v) is 4.89. The molecule has 5 heteroatoms. The number of carbonyl (C=O) groups is 2. The van der Waals surface area contributed by atoms with E-state index in [1.165, 1.54) is 14.0 Å². The lowest BCUT2D eigenvalue weighted by Gasteiger charge is -2.16. The molecule has 0 aliphatic heterocycles. The summed E-state index contributed by atoms with van der Waals surface area (Å²) < 4.78 is 5.07.